The van der Waals surface area contributed by atoms with E-state index in [9.17, 15) is 4.79 Å². The second kappa shape index (κ2) is 6.67. The molecule has 2 aromatic carbocycles. The number of para-hydroxylation sites is 1. The number of fused-ring (bicyclic) bond motifs is 3. The molecule has 0 radical (unpaired) electrons. The summed E-state index contributed by atoms with van der Waals surface area (Å²) < 4.78 is 7.24. The van der Waals surface area contributed by atoms with Crippen LogP contribution in [0.15, 0.2) is 45.6 Å². The van der Waals surface area contributed by atoms with Crippen molar-refractivity contribution in [2.75, 3.05) is 18.0 Å². The van der Waals surface area contributed by atoms with Crippen LogP contribution in [0.4, 0.5) is 5.69 Å². The number of hydrogen-bond acceptors (Lipinski definition) is 5. The third kappa shape index (κ3) is 2.73. The van der Waals surface area contributed by atoms with E-state index in [1.165, 1.54) is 16.8 Å². The molecule has 0 bridgehead atoms. The van der Waals surface area contributed by atoms with E-state index < -0.39 is 0 Å². The predicted molar refractivity (Wildman–Crippen MR) is 133 cm³/mol. The zero-order valence-electron chi connectivity index (χ0n) is 19.1. The Morgan fingerprint density at radius 3 is 2.69 bits per heavy atom. The van der Waals surface area contributed by atoms with Crippen molar-refractivity contribution in [3.8, 4) is 10.6 Å². The van der Waals surface area contributed by atoms with Crippen molar-refractivity contribution in [1.82, 2.24) is 4.98 Å². The van der Waals surface area contributed by atoms with Gasteiger partial charge in [0.05, 0.1) is 15.8 Å². The molecule has 1 atom stereocenters. The Bertz CT molecular complexity index is 1410. The van der Waals surface area contributed by atoms with Crippen molar-refractivity contribution in [3.63, 3.8) is 0 Å². The lowest BCUT2D eigenvalue weighted by atomic mass is 9.67. The van der Waals surface area contributed by atoms with Crippen LogP contribution >= 0.6 is 11.3 Å². The molecule has 2 aliphatic heterocycles. The van der Waals surface area contributed by atoms with Gasteiger partial charge in [0, 0.05) is 29.7 Å². The van der Waals surface area contributed by atoms with Gasteiger partial charge in [0.25, 0.3) is 0 Å². The summed E-state index contributed by atoms with van der Waals surface area (Å²) in [5.74, 6) is 0. The molecule has 0 saturated carbocycles. The second-order valence-electron chi connectivity index (χ2n) is 10.3. The van der Waals surface area contributed by atoms with Gasteiger partial charge in [-0.2, -0.15) is 0 Å². The Labute approximate surface area is 191 Å². The van der Waals surface area contributed by atoms with Crippen molar-refractivity contribution in [2.24, 2.45) is 0 Å². The molecule has 32 heavy (non-hydrogen) atoms. The molecule has 0 spiro atoms. The summed E-state index contributed by atoms with van der Waals surface area (Å²) in [4.78, 5) is 20.5. The lowest BCUT2D eigenvalue weighted by Crippen LogP contribution is -2.45. The van der Waals surface area contributed by atoms with E-state index in [2.05, 4.69) is 38.7 Å². The van der Waals surface area contributed by atoms with Crippen LogP contribution in [-0.4, -0.2) is 18.1 Å². The SMILES string of the molecule is CC[C@]1(C)CCN2CCC(C)(C)c3cc4cc(-c5nc6ccccc6s5)c(=O)oc4c1c32. The van der Waals surface area contributed by atoms with Gasteiger partial charge in [-0.15, -0.1) is 11.3 Å². The van der Waals surface area contributed by atoms with E-state index in [-0.39, 0.29) is 16.5 Å². The molecular weight excluding hydrogens is 416 g/mol. The number of thiazole rings is 1. The van der Waals surface area contributed by atoms with E-state index in [4.69, 9.17) is 9.40 Å². The Hall–Kier alpha value is -2.66. The summed E-state index contributed by atoms with van der Waals surface area (Å²) in [7, 11) is 0. The molecular formula is C27H28N2O2S. The Morgan fingerprint density at radius 2 is 1.91 bits per heavy atom. The number of anilines is 1. The van der Waals surface area contributed by atoms with Gasteiger partial charge in [0.2, 0.25) is 0 Å². The maximum Gasteiger partial charge on any atom is 0.346 e. The van der Waals surface area contributed by atoms with Gasteiger partial charge in [-0.3, -0.25) is 0 Å². The average Bonchev–Trinajstić information content (AvgIpc) is 3.21. The molecule has 5 heteroatoms. The van der Waals surface area contributed by atoms with E-state index in [0.29, 0.717) is 5.56 Å². The molecule has 4 nitrogen and oxygen atoms in total. The Morgan fingerprint density at radius 1 is 1.12 bits per heavy atom. The number of benzene rings is 2. The zero-order valence-corrected chi connectivity index (χ0v) is 19.9. The van der Waals surface area contributed by atoms with Gasteiger partial charge in [-0.25, -0.2) is 9.78 Å². The van der Waals surface area contributed by atoms with Crippen LogP contribution < -0.4 is 10.5 Å². The molecule has 2 aromatic heterocycles. The maximum absolute atomic E-state index is 13.3. The normalized spacial score (nSPS) is 21.8. The first kappa shape index (κ1) is 20.0. The highest BCUT2D eigenvalue weighted by Crippen LogP contribution is 2.52. The van der Waals surface area contributed by atoms with Crippen molar-refractivity contribution in [3.05, 3.63) is 57.9 Å². The van der Waals surface area contributed by atoms with Gasteiger partial charge < -0.3 is 9.32 Å². The third-order valence-electron chi connectivity index (χ3n) is 7.89. The smallest absolute Gasteiger partial charge is 0.346 e. The van der Waals surface area contributed by atoms with E-state index >= 15 is 0 Å². The second-order valence-corrected chi connectivity index (χ2v) is 11.3. The largest absolute Gasteiger partial charge is 0.422 e. The quantitative estimate of drug-likeness (QED) is 0.326. The number of rotatable bonds is 2. The molecule has 164 valence electrons. The molecule has 0 amide bonds. The molecule has 0 aliphatic carbocycles. The Kier molecular flexibility index (Phi) is 4.17. The maximum atomic E-state index is 13.3. The molecule has 4 aromatic rings. The van der Waals surface area contributed by atoms with Crippen LogP contribution in [0.1, 0.15) is 58.1 Å². The summed E-state index contributed by atoms with van der Waals surface area (Å²) in [6, 6.07) is 12.3. The minimum absolute atomic E-state index is 0.000826. The zero-order chi connectivity index (χ0) is 22.3. The summed E-state index contributed by atoms with van der Waals surface area (Å²) in [6.07, 6.45) is 3.24. The molecule has 4 heterocycles. The van der Waals surface area contributed by atoms with Crippen LogP contribution in [0.3, 0.4) is 0 Å². The predicted octanol–water partition coefficient (Wildman–Crippen LogP) is 6.63. The first-order valence-electron chi connectivity index (χ1n) is 11.6. The molecule has 0 saturated heterocycles. The van der Waals surface area contributed by atoms with Crippen LogP contribution in [0, 0.1) is 0 Å². The van der Waals surface area contributed by atoms with Gasteiger partial charge >= 0.3 is 5.63 Å². The first-order valence-corrected chi connectivity index (χ1v) is 12.4. The topological polar surface area (TPSA) is 46.3 Å². The standard InChI is InChI=1S/C27H28N2O2S/c1-5-27(4)11-13-29-12-10-26(2,3)18-15-16-14-17(25(30)31-23(16)21(27)22(18)29)24-28-19-8-6-7-9-20(19)32-24/h6-9,14-15H,5,10-13H2,1-4H3/t27-/m1/s1. The van der Waals surface area contributed by atoms with E-state index in [0.717, 1.165) is 58.5 Å². The minimum Gasteiger partial charge on any atom is -0.422 e. The summed E-state index contributed by atoms with van der Waals surface area (Å²) in [5, 5.41) is 1.75. The highest BCUT2D eigenvalue weighted by molar-refractivity contribution is 7.21. The third-order valence-corrected chi connectivity index (χ3v) is 8.96. The summed E-state index contributed by atoms with van der Waals surface area (Å²) in [5.41, 5.74) is 5.99. The van der Waals surface area contributed by atoms with Crippen LogP contribution in [-0.2, 0) is 10.8 Å². The van der Waals surface area contributed by atoms with E-state index in [1.54, 1.807) is 11.3 Å². The average molecular weight is 445 g/mol. The van der Waals surface area contributed by atoms with Crippen molar-refractivity contribution in [1.29, 1.82) is 0 Å². The van der Waals surface area contributed by atoms with Gasteiger partial charge in [-0.05, 0) is 59.9 Å². The van der Waals surface area contributed by atoms with E-state index in [1.807, 2.05) is 30.3 Å². The Balaban J connectivity index is 1.68. The first-order chi connectivity index (χ1) is 15.3. The van der Waals surface area contributed by atoms with Crippen LogP contribution in [0.2, 0.25) is 0 Å². The molecule has 0 fully saturated rings. The number of nitrogens with zero attached hydrogens (tertiary/aromatic N) is 2. The fourth-order valence-corrected chi connectivity index (χ4v) is 6.51. The van der Waals surface area contributed by atoms with Crippen molar-refractivity contribution < 1.29 is 4.42 Å². The van der Waals surface area contributed by atoms with Gasteiger partial charge in [0.15, 0.2) is 0 Å². The fraction of sp³-hybridized carbons (Fsp3) is 0.407. The van der Waals surface area contributed by atoms with Crippen molar-refractivity contribution >= 4 is 38.2 Å². The van der Waals surface area contributed by atoms with Crippen LogP contribution in [0.25, 0.3) is 31.8 Å². The molecule has 0 unspecified atom stereocenters. The highest BCUT2D eigenvalue weighted by Gasteiger charge is 2.43. The lowest BCUT2D eigenvalue weighted by Gasteiger charge is -2.48. The van der Waals surface area contributed by atoms with Gasteiger partial charge in [0.1, 0.15) is 10.6 Å². The number of aromatic nitrogens is 1. The minimum atomic E-state index is -0.293. The number of hydrogen-bond donors (Lipinski definition) is 0. The van der Waals surface area contributed by atoms with Gasteiger partial charge in [-0.1, -0.05) is 39.8 Å². The lowest BCUT2D eigenvalue weighted by molar-refractivity contribution is 0.370. The highest BCUT2D eigenvalue weighted by atomic mass is 32.1. The molecule has 6 rings (SSSR count). The van der Waals surface area contributed by atoms with Crippen LogP contribution in [0.5, 0.6) is 0 Å². The van der Waals surface area contributed by atoms with Crippen molar-refractivity contribution in [2.45, 2.75) is 57.8 Å². The molecule has 0 N–H and O–H groups in total. The fourth-order valence-electron chi connectivity index (χ4n) is 5.54. The summed E-state index contributed by atoms with van der Waals surface area (Å²) >= 11 is 1.55. The summed E-state index contributed by atoms with van der Waals surface area (Å²) in [6.45, 7) is 11.4. The monoisotopic (exact) mass is 444 g/mol. The molecule has 2 aliphatic rings.